The Morgan fingerprint density at radius 1 is 0.818 bits per heavy atom. The predicted octanol–water partition coefficient (Wildman–Crippen LogP) is 3.98. The third-order valence-electron chi connectivity index (χ3n) is 9.68. The van der Waals surface area contributed by atoms with Gasteiger partial charge in [-0.3, -0.25) is 19.2 Å². The summed E-state index contributed by atoms with van der Waals surface area (Å²) in [7, 11) is 1.45. The van der Waals surface area contributed by atoms with Crippen molar-refractivity contribution in [2.75, 3.05) is 39.9 Å². The quantitative estimate of drug-likeness (QED) is 0.0949. The number of fused-ring (bicyclic) bond motifs is 5. The molecular weight excluding hydrogens is 704 g/mol. The van der Waals surface area contributed by atoms with Gasteiger partial charge in [0.15, 0.2) is 0 Å². The van der Waals surface area contributed by atoms with Gasteiger partial charge in [0.1, 0.15) is 42.8 Å². The lowest BCUT2D eigenvalue weighted by atomic mass is 9.93. The van der Waals surface area contributed by atoms with E-state index >= 15 is 0 Å². The summed E-state index contributed by atoms with van der Waals surface area (Å²) in [5, 5.41) is 17.9. The number of hydrogen-bond acceptors (Lipinski definition) is 9. The highest BCUT2D eigenvalue weighted by Gasteiger charge is 2.33. The SMILES string of the molecule is CCCCCCCCCCCCCC(=O)NCC(=O)N(C)[C@@H]1C(=O)N[C@@H](C)C(=O)N[C@H](C(=O)O)Cc2ccc(OCCN)c(c2)-c2cc1ccc2OCCN. The summed E-state index contributed by atoms with van der Waals surface area (Å²) in [5.74, 6) is -2.61. The number of carboxylic acids is 1. The van der Waals surface area contributed by atoms with Gasteiger partial charge < -0.3 is 46.9 Å². The first kappa shape index (κ1) is 44.7. The van der Waals surface area contributed by atoms with Crippen LogP contribution in [0.15, 0.2) is 36.4 Å². The summed E-state index contributed by atoms with van der Waals surface area (Å²) in [6.07, 6.45) is 13.0. The zero-order valence-electron chi connectivity index (χ0n) is 32.8. The smallest absolute Gasteiger partial charge is 0.326 e. The number of hydrogen-bond donors (Lipinski definition) is 6. The second kappa shape index (κ2) is 24.0. The first-order valence-corrected chi connectivity index (χ1v) is 19.8. The van der Waals surface area contributed by atoms with E-state index in [0.717, 1.165) is 25.7 Å². The number of ether oxygens (including phenoxy) is 2. The molecule has 0 aromatic heterocycles. The molecule has 0 saturated carbocycles. The van der Waals surface area contributed by atoms with Crippen molar-refractivity contribution < 1.29 is 38.6 Å². The van der Waals surface area contributed by atoms with Gasteiger partial charge in [0.05, 0.1) is 6.54 Å². The summed E-state index contributed by atoms with van der Waals surface area (Å²) in [6, 6.07) is 6.42. The van der Waals surface area contributed by atoms with Crippen molar-refractivity contribution in [3.63, 3.8) is 0 Å². The van der Waals surface area contributed by atoms with E-state index in [1.165, 1.54) is 63.8 Å². The van der Waals surface area contributed by atoms with Crippen LogP contribution in [0, 0.1) is 0 Å². The summed E-state index contributed by atoms with van der Waals surface area (Å²) in [5.41, 5.74) is 13.5. The zero-order valence-corrected chi connectivity index (χ0v) is 32.8. The van der Waals surface area contributed by atoms with E-state index in [1.807, 2.05) is 0 Å². The number of carboxylic acid groups (broad SMARTS) is 1. The molecular formula is C41H62N6O8. The Balaban J connectivity index is 1.85. The fourth-order valence-electron chi connectivity index (χ4n) is 6.55. The maximum atomic E-state index is 14.0. The van der Waals surface area contributed by atoms with Gasteiger partial charge in [0, 0.05) is 44.1 Å². The lowest BCUT2D eigenvalue weighted by molar-refractivity contribution is -0.143. The van der Waals surface area contributed by atoms with Crippen molar-refractivity contribution in [2.24, 2.45) is 11.5 Å². The first-order valence-electron chi connectivity index (χ1n) is 19.8. The van der Waals surface area contributed by atoms with E-state index in [-0.39, 0.29) is 45.2 Å². The third-order valence-corrected chi connectivity index (χ3v) is 9.68. The Hall–Kier alpha value is -4.69. The molecule has 1 aliphatic heterocycles. The predicted molar refractivity (Wildman–Crippen MR) is 211 cm³/mol. The number of amides is 4. The molecule has 0 spiro atoms. The molecule has 3 atom stereocenters. The van der Waals surface area contributed by atoms with Gasteiger partial charge in [-0.1, -0.05) is 83.3 Å². The van der Waals surface area contributed by atoms with Crippen LogP contribution in [0.4, 0.5) is 0 Å². The van der Waals surface area contributed by atoms with Crippen molar-refractivity contribution >= 4 is 29.6 Å². The number of unbranched alkanes of at least 4 members (excludes halogenated alkanes) is 10. The van der Waals surface area contributed by atoms with Crippen LogP contribution in [-0.4, -0.2) is 91.6 Å². The number of likely N-dealkylation sites (N-methyl/N-ethyl adjacent to an activating group) is 1. The largest absolute Gasteiger partial charge is 0.492 e. The number of rotatable bonds is 22. The van der Waals surface area contributed by atoms with Crippen molar-refractivity contribution in [2.45, 2.75) is 115 Å². The second-order valence-electron chi connectivity index (χ2n) is 14.2. The Kier molecular flexibility index (Phi) is 19.5. The minimum absolute atomic E-state index is 0.0601. The van der Waals surface area contributed by atoms with Crippen LogP contribution in [0.2, 0.25) is 0 Å². The van der Waals surface area contributed by atoms with Gasteiger partial charge >= 0.3 is 5.97 Å². The molecule has 14 nitrogen and oxygen atoms in total. The zero-order chi connectivity index (χ0) is 40.2. The molecule has 1 heterocycles. The highest BCUT2D eigenvalue weighted by Crippen LogP contribution is 2.40. The summed E-state index contributed by atoms with van der Waals surface area (Å²) >= 11 is 0. The molecule has 4 bridgehead atoms. The Morgan fingerprint density at radius 2 is 1.38 bits per heavy atom. The van der Waals surface area contributed by atoms with Crippen LogP contribution in [0.25, 0.3) is 11.1 Å². The van der Waals surface area contributed by atoms with Crippen molar-refractivity contribution in [3.8, 4) is 22.6 Å². The molecule has 3 rings (SSSR count). The average molecular weight is 767 g/mol. The molecule has 14 heteroatoms. The molecule has 0 unspecified atom stereocenters. The molecule has 0 saturated heterocycles. The minimum atomic E-state index is -1.31. The second-order valence-corrected chi connectivity index (χ2v) is 14.2. The van der Waals surface area contributed by atoms with E-state index in [4.69, 9.17) is 20.9 Å². The monoisotopic (exact) mass is 766 g/mol. The van der Waals surface area contributed by atoms with Crippen molar-refractivity contribution in [1.29, 1.82) is 0 Å². The Labute approximate surface area is 325 Å². The van der Waals surface area contributed by atoms with E-state index in [0.29, 0.717) is 40.2 Å². The number of carbonyl (C=O) groups excluding carboxylic acids is 4. The molecule has 2 aromatic rings. The van der Waals surface area contributed by atoms with Crippen LogP contribution < -0.4 is 36.9 Å². The van der Waals surface area contributed by atoms with Gasteiger partial charge in [0.2, 0.25) is 23.6 Å². The van der Waals surface area contributed by atoms with Gasteiger partial charge in [0.25, 0.3) is 0 Å². The lowest BCUT2D eigenvalue weighted by Crippen LogP contribution is -2.53. The number of nitrogens with two attached hydrogens (primary N) is 2. The summed E-state index contributed by atoms with van der Waals surface area (Å²) < 4.78 is 12.0. The van der Waals surface area contributed by atoms with Gasteiger partial charge in [-0.05, 0) is 48.7 Å². The molecule has 8 N–H and O–H groups in total. The standard InChI is InChI=1S/C41H62N6O8/c1-4-5-6-7-8-9-10-11-12-13-14-15-36(48)44-27-37(49)47(3)38-30-17-19-35(55-23-21-43)32(26-30)31-24-29(16-18-34(31)54-22-20-42)25-33(41(52)53)46-39(50)28(2)45-40(38)51/h16-19,24,26,28,33,38H,4-15,20-23,25,27,42-43H2,1-3H3,(H,44,48)(H,45,51)(H,46,50)(H,52,53)/t28-,33-,38-/m0/s1. The lowest BCUT2D eigenvalue weighted by Gasteiger charge is -2.30. The van der Waals surface area contributed by atoms with E-state index in [1.54, 1.807) is 36.4 Å². The number of benzene rings is 2. The number of aliphatic carboxylic acids is 1. The van der Waals surface area contributed by atoms with Crippen LogP contribution >= 0.6 is 0 Å². The highest BCUT2D eigenvalue weighted by atomic mass is 16.5. The molecule has 4 amide bonds. The summed E-state index contributed by atoms with van der Waals surface area (Å²) in [6.45, 7) is 4.13. The normalized spacial score (nSPS) is 17.0. The van der Waals surface area contributed by atoms with E-state index in [9.17, 15) is 29.1 Å². The average Bonchev–Trinajstić information content (AvgIpc) is 3.17. The fraction of sp³-hybridized carbons (Fsp3) is 0.585. The van der Waals surface area contributed by atoms with E-state index < -0.39 is 41.8 Å². The topological polar surface area (TPSA) is 215 Å². The van der Waals surface area contributed by atoms with Crippen molar-refractivity contribution in [1.82, 2.24) is 20.9 Å². The molecule has 304 valence electrons. The Morgan fingerprint density at radius 3 is 1.96 bits per heavy atom. The van der Waals surface area contributed by atoms with Gasteiger partial charge in [-0.25, -0.2) is 4.79 Å². The Bertz CT molecular complexity index is 1570. The maximum absolute atomic E-state index is 14.0. The molecule has 0 fully saturated rings. The fourth-order valence-corrected chi connectivity index (χ4v) is 6.55. The van der Waals surface area contributed by atoms with Crippen LogP contribution in [0.1, 0.15) is 108 Å². The van der Waals surface area contributed by atoms with Crippen molar-refractivity contribution in [3.05, 3.63) is 47.5 Å². The molecule has 2 aromatic carbocycles. The van der Waals surface area contributed by atoms with Crippen LogP contribution in [-0.2, 0) is 30.4 Å². The van der Waals surface area contributed by atoms with Crippen LogP contribution in [0.3, 0.4) is 0 Å². The number of carbonyl (C=O) groups is 5. The molecule has 55 heavy (non-hydrogen) atoms. The molecule has 0 radical (unpaired) electrons. The molecule has 1 aliphatic rings. The van der Waals surface area contributed by atoms with Crippen LogP contribution in [0.5, 0.6) is 11.5 Å². The highest BCUT2D eigenvalue weighted by molar-refractivity contribution is 5.95. The number of nitrogens with one attached hydrogen (secondary N) is 3. The maximum Gasteiger partial charge on any atom is 0.326 e. The number of nitrogens with zero attached hydrogens (tertiary/aromatic N) is 1. The van der Waals surface area contributed by atoms with Gasteiger partial charge in [-0.15, -0.1) is 0 Å². The summed E-state index contributed by atoms with van der Waals surface area (Å²) in [4.78, 5) is 67.0. The van der Waals surface area contributed by atoms with Gasteiger partial charge in [-0.2, -0.15) is 0 Å². The molecule has 0 aliphatic carbocycles. The minimum Gasteiger partial charge on any atom is -0.492 e. The first-order chi connectivity index (χ1) is 26.5. The van der Waals surface area contributed by atoms with E-state index in [2.05, 4.69) is 22.9 Å². The third kappa shape index (κ3) is 14.5.